The van der Waals surface area contributed by atoms with Gasteiger partial charge in [0.15, 0.2) is 0 Å². The number of rotatable bonds is 6. The van der Waals surface area contributed by atoms with Crippen LogP contribution in [0, 0.1) is 0 Å². The summed E-state index contributed by atoms with van der Waals surface area (Å²) < 4.78 is 5.68. The lowest BCUT2D eigenvalue weighted by atomic mass is 10.2. The topological polar surface area (TPSA) is 34.1 Å². The summed E-state index contributed by atoms with van der Waals surface area (Å²) in [6.45, 7) is 7.11. The molecule has 17 heavy (non-hydrogen) atoms. The lowest BCUT2D eigenvalue weighted by Crippen LogP contribution is -2.16. The molecule has 1 aromatic rings. The van der Waals surface area contributed by atoms with Gasteiger partial charge in [0.1, 0.15) is 0 Å². The second kappa shape index (κ2) is 5.50. The molecule has 1 aliphatic rings. The Bertz CT molecular complexity index is 372. The molecule has 0 aliphatic heterocycles. The van der Waals surface area contributed by atoms with E-state index in [4.69, 9.17) is 4.74 Å². The molecule has 0 spiro atoms. The quantitative estimate of drug-likeness (QED) is 0.821. The van der Waals surface area contributed by atoms with Gasteiger partial charge in [-0.25, -0.2) is 4.98 Å². The fourth-order valence-corrected chi connectivity index (χ4v) is 1.76. The van der Waals surface area contributed by atoms with E-state index in [0.717, 1.165) is 30.6 Å². The van der Waals surface area contributed by atoms with Crippen LogP contribution in [0.1, 0.15) is 44.9 Å². The summed E-state index contributed by atoms with van der Waals surface area (Å²) in [6.07, 6.45) is 3.77. The van der Waals surface area contributed by atoms with Crippen molar-refractivity contribution < 1.29 is 4.74 Å². The average Bonchev–Trinajstić information content (AvgIpc) is 3.09. The molecule has 3 heteroatoms. The number of nitrogens with one attached hydrogen (secondary N) is 1. The summed E-state index contributed by atoms with van der Waals surface area (Å²) in [7, 11) is 0. The smallest absolute Gasteiger partial charge is 0.214 e. The highest BCUT2D eigenvalue weighted by Crippen LogP contribution is 2.20. The van der Waals surface area contributed by atoms with Crippen molar-refractivity contribution in [3.8, 4) is 5.88 Å². The Balaban J connectivity index is 2.06. The van der Waals surface area contributed by atoms with Crippen LogP contribution in [0.25, 0.3) is 0 Å². The molecule has 0 unspecified atom stereocenters. The largest absolute Gasteiger partial charge is 0.475 e. The molecule has 1 heterocycles. The van der Waals surface area contributed by atoms with Crippen LogP contribution in [0.5, 0.6) is 5.88 Å². The first-order chi connectivity index (χ1) is 8.17. The fraction of sp³-hybridized carbons (Fsp3) is 0.643. The Hall–Kier alpha value is -1.09. The molecule has 1 saturated carbocycles. The number of pyridine rings is 1. The normalized spacial score (nSPS) is 15.3. The average molecular weight is 234 g/mol. The van der Waals surface area contributed by atoms with Crippen LogP contribution >= 0.6 is 0 Å². The van der Waals surface area contributed by atoms with Crippen molar-refractivity contribution in [2.24, 2.45) is 0 Å². The van der Waals surface area contributed by atoms with Gasteiger partial charge in [-0.2, -0.15) is 0 Å². The van der Waals surface area contributed by atoms with Gasteiger partial charge in [-0.15, -0.1) is 0 Å². The first kappa shape index (κ1) is 12.4. The SMILES string of the molecule is CCc1cc(CNC2CC2)cc(OC(C)C)n1. The number of nitrogens with zero attached hydrogens (tertiary/aromatic N) is 1. The van der Waals surface area contributed by atoms with Crippen molar-refractivity contribution in [1.82, 2.24) is 10.3 Å². The maximum absolute atomic E-state index is 5.68. The third-order valence-electron chi connectivity index (χ3n) is 2.81. The molecule has 1 fully saturated rings. The van der Waals surface area contributed by atoms with Gasteiger partial charge in [0.25, 0.3) is 0 Å². The zero-order chi connectivity index (χ0) is 12.3. The lowest BCUT2D eigenvalue weighted by molar-refractivity contribution is 0.232. The minimum atomic E-state index is 0.179. The van der Waals surface area contributed by atoms with Crippen LogP contribution in [0.2, 0.25) is 0 Å². The Morgan fingerprint density at radius 2 is 2.18 bits per heavy atom. The monoisotopic (exact) mass is 234 g/mol. The van der Waals surface area contributed by atoms with Crippen LogP contribution in [0.15, 0.2) is 12.1 Å². The Kier molecular flexibility index (Phi) is 4.00. The van der Waals surface area contributed by atoms with Crippen LogP contribution in [0.4, 0.5) is 0 Å². The van der Waals surface area contributed by atoms with E-state index in [2.05, 4.69) is 29.4 Å². The molecule has 0 radical (unpaired) electrons. The van der Waals surface area contributed by atoms with Crippen molar-refractivity contribution in [2.45, 2.75) is 58.7 Å². The maximum Gasteiger partial charge on any atom is 0.214 e. The van der Waals surface area contributed by atoms with E-state index in [1.54, 1.807) is 0 Å². The standard InChI is InChI=1S/C14H22N2O/c1-4-12-7-11(9-15-13-5-6-13)8-14(16-12)17-10(2)3/h7-8,10,13,15H,4-6,9H2,1-3H3. The van der Waals surface area contributed by atoms with Gasteiger partial charge >= 0.3 is 0 Å². The van der Waals surface area contributed by atoms with E-state index in [9.17, 15) is 0 Å². The van der Waals surface area contributed by atoms with Crippen molar-refractivity contribution in [3.63, 3.8) is 0 Å². The van der Waals surface area contributed by atoms with E-state index < -0.39 is 0 Å². The minimum Gasteiger partial charge on any atom is -0.475 e. The predicted octanol–water partition coefficient (Wildman–Crippen LogP) is 2.68. The summed E-state index contributed by atoms with van der Waals surface area (Å²) in [5.74, 6) is 0.756. The van der Waals surface area contributed by atoms with Crippen molar-refractivity contribution >= 4 is 0 Å². The van der Waals surface area contributed by atoms with Gasteiger partial charge < -0.3 is 10.1 Å². The van der Waals surface area contributed by atoms with Crippen molar-refractivity contribution in [2.75, 3.05) is 0 Å². The maximum atomic E-state index is 5.68. The number of hydrogen-bond donors (Lipinski definition) is 1. The van der Waals surface area contributed by atoms with Gasteiger partial charge in [0.2, 0.25) is 5.88 Å². The Morgan fingerprint density at radius 3 is 2.76 bits per heavy atom. The molecule has 0 aromatic carbocycles. The van der Waals surface area contributed by atoms with Crippen molar-refractivity contribution in [3.05, 3.63) is 23.4 Å². The molecule has 0 saturated heterocycles. The number of aromatic nitrogens is 1. The van der Waals surface area contributed by atoms with E-state index in [-0.39, 0.29) is 6.10 Å². The van der Waals surface area contributed by atoms with Gasteiger partial charge in [0, 0.05) is 24.3 Å². The van der Waals surface area contributed by atoms with Crippen LogP contribution < -0.4 is 10.1 Å². The highest BCUT2D eigenvalue weighted by atomic mass is 16.5. The third kappa shape index (κ3) is 4.00. The molecule has 1 aromatic heterocycles. The summed E-state index contributed by atoms with van der Waals surface area (Å²) in [5.41, 5.74) is 2.38. The molecule has 0 atom stereocenters. The van der Waals surface area contributed by atoms with Gasteiger partial charge in [-0.1, -0.05) is 6.92 Å². The van der Waals surface area contributed by atoms with Crippen LogP contribution in [-0.4, -0.2) is 17.1 Å². The molecular weight excluding hydrogens is 212 g/mol. The number of aryl methyl sites for hydroxylation is 1. The zero-order valence-corrected chi connectivity index (χ0v) is 11.0. The fourth-order valence-electron chi connectivity index (χ4n) is 1.76. The van der Waals surface area contributed by atoms with E-state index in [0.29, 0.717) is 0 Å². The minimum absolute atomic E-state index is 0.179. The third-order valence-corrected chi connectivity index (χ3v) is 2.81. The van der Waals surface area contributed by atoms with E-state index >= 15 is 0 Å². The molecule has 1 aliphatic carbocycles. The second-order valence-electron chi connectivity index (χ2n) is 4.98. The summed E-state index contributed by atoms with van der Waals surface area (Å²) in [4.78, 5) is 4.48. The molecule has 0 amide bonds. The first-order valence-electron chi connectivity index (χ1n) is 6.57. The first-order valence-corrected chi connectivity index (χ1v) is 6.57. The van der Waals surface area contributed by atoms with Gasteiger partial charge in [-0.05, 0) is 44.7 Å². The molecular formula is C14H22N2O. The van der Waals surface area contributed by atoms with E-state index in [1.807, 2.05) is 13.8 Å². The molecule has 2 rings (SSSR count). The molecule has 94 valence electrons. The van der Waals surface area contributed by atoms with Gasteiger partial charge in [-0.3, -0.25) is 0 Å². The van der Waals surface area contributed by atoms with Gasteiger partial charge in [0.05, 0.1) is 6.10 Å². The summed E-state index contributed by atoms with van der Waals surface area (Å²) in [5, 5.41) is 3.52. The Morgan fingerprint density at radius 1 is 1.41 bits per heavy atom. The number of ether oxygens (including phenoxy) is 1. The molecule has 1 N–H and O–H groups in total. The zero-order valence-electron chi connectivity index (χ0n) is 11.0. The highest BCUT2D eigenvalue weighted by Gasteiger charge is 2.20. The predicted molar refractivity (Wildman–Crippen MR) is 69.2 cm³/mol. The van der Waals surface area contributed by atoms with E-state index in [1.165, 1.54) is 18.4 Å². The molecule has 0 bridgehead atoms. The molecule has 3 nitrogen and oxygen atoms in total. The second-order valence-corrected chi connectivity index (χ2v) is 4.98. The summed E-state index contributed by atoms with van der Waals surface area (Å²) >= 11 is 0. The number of hydrogen-bond acceptors (Lipinski definition) is 3. The highest BCUT2D eigenvalue weighted by molar-refractivity contribution is 5.25. The van der Waals surface area contributed by atoms with Crippen molar-refractivity contribution in [1.29, 1.82) is 0 Å². The summed E-state index contributed by atoms with van der Waals surface area (Å²) in [6, 6.07) is 4.96. The Labute approximate surface area is 104 Å². The van der Waals surface area contributed by atoms with Crippen LogP contribution in [0.3, 0.4) is 0 Å². The lowest BCUT2D eigenvalue weighted by Gasteiger charge is -2.12. The van der Waals surface area contributed by atoms with Crippen LogP contribution in [-0.2, 0) is 13.0 Å².